The maximum Gasteiger partial charge on any atom is 0.216 e. The first-order chi connectivity index (χ1) is 10.9. The summed E-state index contributed by atoms with van der Waals surface area (Å²) in [7, 11) is 0.119. The number of rotatable bonds is 8. The predicted molar refractivity (Wildman–Crippen MR) is 107 cm³/mol. The quantitative estimate of drug-likeness (QED) is 0.232. The third-order valence-electron chi connectivity index (χ3n) is 3.53. The van der Waals surface area contributed by atoms with E-state index >= 15 is 0 Å². The summed E-state index contributed by atoms with van der Waals surface area (Å²) in [6, 6.07) is 0. The zero-order valence-electron chi connectivity index (χ0n) is 15.0. The molecule has 1 fully saturated rings. The Morgan fingerprint density at radius 1 is 1.21 bits per heavy atom. The van der Waals surface area contributed by atoms with Crippen molar-refractivity contribution in [2.75, 3.05) is 65.8 Å². The van der Waals surface area contributed by atoms with Gasteiger partial charge in [-0.05, 0) is 13.8 Å². The van der Waals surface area contributed by atoms with Crippen LogP contribution in [0.15, 0.2) is 4.99 Å². The topological polar surface area (TPSA) is 83.5 Å². The summed E-state index contributed by atoms with van der Waals surface area (Å²) in [5.41, 5.74) is 0. The van der Waals surface area contributed by atoms with Gasteiger partial charge >= 0.3 is 0 Å². The predicted octanol–water partition coefficient (Wildman–Crippen LogP) is 0.199. The normalized spacial score (nSPS) is 17.0. The van der Waals surface area contributed by atoms with E-state index in [0.717, 1.165) is 5.96 Å². The summed E-state index contributed by atoms with van der Waals surface area (Å²) in [5.74, 6) is 0.814. The van der Waals surface area contributed by atoms with Gasteiger partial charge in [-0.3, -0.25) is 4.99 Å². The Morgan fingerprint density at radius 3 is 2.33 bits per heavy atom. The Bertz CT molecular complexity index is 465. The first-order valence-electron chi connectivity index (χ1n) is 7.94. The van der Waals surface area contributed by atoms with Crippen LogP contribution in [0, 0.1) is 0 Å². The van der Waals surface area contributed by atoms with Crippen LogP contribution in [0.2, 0.25) is 0 Å². The van der Waals surface area contributed by atoms with Gasteiger partial charge in [-0.2, -0.15) is 4.31 Å². The molecule has 1 N–H and O–H groups in total. The van der Waals surface area contributed by atoms with Crippen molar-refractivity contribution < 1.29 is 17.9 Å². The van der Waals surface area contributed by atoms with Gasteiger partial charge in [-0.25, -0.2) is 8.42 Å². The Labute approximate surface area is 163 Å². The molecule has 0 atom stereocenters. The maximum atomic E-state index is 12.3. The molecule has 0 spiro atoms. The zero-order valence-corrected chi connectivity index (χ0v) is 18.2. The van der Waals surface area contributed by atoms with Crippen molar-refractivity contribution in [1.82, 2.24) is 14.5 Å². The molecule has 1 saturated heterocycles. The summed E-state index contributed by atoms with van der Waals surface area (Å²) in [5, 5.41) is 3.20. The van der Waals surface area contributed by atoms with Gasteiger partial charge in [0.25, 0.3) is 0 Å². The highest BCUT2D eigenvalue weighted by molar-refractivity contribution is 14.0. The minimum atomic E-state index is -3.25. The maximum absolute atomic E-state index is 12.3. The fourth-order valence-electron chi connectivity index (χ4n) is 2.29. The first-order valence-corrected chi connectivity index (χ1v) is 9.55. The average molecular weight is 478 g/mol. The largest absolute Gasteiger partial charge is 0.383 e. The van der Waals surface area contributed by atoms with E-state index in [1.807, 2.05) is 13.8 Å². The van der Waals surface area contributed by atoms with Gasteiger partial charge < -0.3 is 19.7 Å². The lowest BCUT2D eigenvalue weighted by Crippen LogP contribution is -2.54. The number of hydrogen-bond donors (Lipinski definition) is 1. The summed E-state index contributed by atoms with van der Waals surface area (Å²) < 4.78 is 36.5. The fraction of sp³-hybridized carbons (Fsp3) is 0.929. The molecule has 1 rings (SSSR count). The lowest BCUT2D eigenvalue weighted by molar-refractivity contribution is 0.0904. The monoisotopic (exact) mass is 478 g/mol. The van der Waals surface area contributed by atoms with Crippen molar-refractivity contribution in [2.24, 2.45) is 4.99 Å². The molecule has 0 aromatic carbocycles. The van der Waals surface area contributed by atoms with E-state index in [1.165, 1.54) is 4.31 Å². The number of halogens is 1. The average Bonchev–Trinajstić information content (AvgIpc) is 2.51. The summed E-state index contributed by atoms with van der Waals surface area (Å²) in [6.07, 6.45) is 0.0450. The van der Waals surface area contributed by atoms with Crippen molar-refractivity contribution in [3.8, 4) is 0 Å². The molecule has 0 amide bonds. The molecular formula is C14H31IN4O4S. The van der Waals surface area contributed by atoms with Crippen molar-refractivity contribution in [3.05, 3.63) is 0 Å². The van der Waals surface area contributed by atoms with Crippen LogP contribution >= 0.6 is 24.0 Å². The van der Waals surface area contributed by atoms with Gasteiger partial charge in [0.1, 0.15) is 0 Å². The van der Waals surface area contributed by atoms with E-state index in [1.54, 1.807) is 14.2 Å². The molecule has 24 heavy (non-hydrogen) atoms. The molecule has 0 aromatic rings. The van der Waals surface area contributed by atoms with E-state index < -0.39 is 10.0 Å². The highest BCUT2D eigenvalue weighted by Gasteiger charge is 2.27. The van der Waals surface area contributed by atoms with Crippen LogP contribution in [0.4, 0.5) is 0 Å². The van der Waals surface area contributed by atoms with Crippen LogP contribution in [0.3, 0.4) is 0 Å². The highest BCUT2D eigenvalue weighted by atomic mass is 127. The van der Waals surface area contributed by atoms with Crippen molar-refractivity contribution >= 4 is 40.0 Å². The second kappa shape index (κ2) is 12.2. The number of methoxy groups -OCH3 is 1. The van der Waals surface area contributed by atoms with Gasteiger partial charge in [0.2, 0.25) is 10.0 Å². The SMILES string of the molecule is CN=C(NCCOC)N1CCN(S(=O)(=O)CCOC(C)C)CC1.I. The van der Waals surface area contributed by atoms with E-state index in [-0.39, 0.29) is 42.4 Å². The van der Waals surface area contributed by atoms with Crippen LogP contribution in [-0.4, -0.2) is 95.5 Å². The summed E-state index contributed by atoms with van der Waals surface area (Å²) in [4.78, 5) is 6.29. The molecule has 8 nitrogen and oxygen atoms in total. The number of aliphatic imine (C=N–C) groups is 1. The second-order valence-corrected chi connectivity index (χ2v) is 7.68. The Kier molecular flexibility index (Phi) is 12.1. The molecule has 0 radical (unpaired) electrons. The minimum absolute atomic E-state index is 0. The van der Waals surface area contributed by atoms with Gasteiger partial charge in [-0.1, -0.05) is 0 Å². The molecule has 0 bridgehead atoms. The molecule has 1 heterocycles. The molecule has 1 aliphatic heterocycles. The van der Waals surface area contributed by atoms with E-state index in [0.29, 0.717) is 39.3 Å². The Balaban J connectivity index is 0.00000529. The number of nitrogens with zero attached hydrogens (tertiary/aromatic N) is 3. The number of sulfonamides is 1. The zero-order chi connectivity index (χ0) is 17.3. The van der Waals surface area contributed by atoms with Crippen LogP contribution in [0.1, 0.15) is 13.8 Å². The second-order valence-electron chi connectivity index (χ2n) is 5.59. The van der Waals surface area contributed by atoms with Crippen LogP contribution < -0.4 is 5.32 Å². The highest BCUT2D eigenvalue weighted by Crippen LogP contribution is 2.09. The minimum Gasteiger partial charge on any atom is -0.383 e. The third-order valence-corrected chi connectivity index (χ3v) is 5.36. The van der Waals surface area contributed by atoms with E-state index in [4.69, 9.17) is 9.47 Å². The molecule has 0 aliphatic carbocycles. The smallest absolute Gasteiger partial charge is 0.216 e. The van der Waals surface area contributed by atoms with Crippen LogP contribution in [-0.2, 0) is 19.5 Å². The molecule has 0 saturated carbocycles. The van der Waals surface area contributed by atoms with Gasteiger partial charge in [0.15, 0.2) is 5.96 Å². The van der Waals surface area contributed by atoms with E-state index in [2.05, 4.69) is 15.2 Å². The Morgan fingerprint density at radius 2 is 1.83 bits per heavy atom. The number of piperazine rings is 1. The lowest BCUT2D eigenvalue weighted by Gasteiger charge is -2.35. The molecule has 1 aliphatic rings. The molecule has 144 valence electrons. The third kappa shape index (κ3) is 8.28. The number of guanidine groups is 1. The number of hydrogen-bond acceptors (Lipinski definition) is 5. The summed E-state index contributed by atoms with van der Waals surface area (Å²) in [6.45, 7) is 7.48. The molecule has 10 heteroatoms. The fourth-order valence-corrected chi connectivity index (χ4v) is 3.58. The first kappa shape index (κ1) is 23.8. The number of nitrogens with one attached hydrogen (secondary N) is 1. The Hall–Kier alpha value is -0.170. The molecule has 0 unspecified atom stereocenters. The molecule has 0 aromatic heterocycles. The van der Waals surface area contributed by atoms with Gasteiger partial charge in [-0.15, -0.1) is 24.0 Å². The van der Waals surface area contributed by atoms with Crippen molar-refractivity contribution in [1.29, 1.82) is 0 Å². The van der Waals surface area contributed by atoms with Crippen LogP contribution in [0.5, 0.6) is 0 Å². The summed E-state index contributed by atoms with van der Waals surface area (Å²) >= 11 is 0. The van der Waals surface area contributed by atoms with E-state index in [9.17, 15) is 8.42 Å². The van der Waals surface area contributed by atoms with Crippen LogP contribution in [0.25, 0.3) is 0 Å². The number of ether oxygens (including phenoxy) is 2. The van der Waals surface area contributed by atoms with Gasteiger partial charge in [0, 0.05) is 46.9 Å². The molecular weight excluding hydrogens is 447 g/mol. The van der Waals surface area contributed by atoms with Gasteiger partial charge in [0.05, 0.1) is 25.1 Å². The standard InChI is InChI=1S/C14H30N4O4S.HI/c1-13(2)22-11-12-23(19,20)18-8-6-17(7-9-18)14(15-3)16-5-10-21-4;/h13H,5-12H2,1-4H3,(H,15,16);1H. The lowest BCUT2D eigenvalue weighted by atomic mass is 10.4. The van der Waals surface area contributed by atoms with Crippen molar-refractivity contribution in [2.45, 2.75) is 20.0 Å². The van der Waals surface area contributed by atoms with Crippen molar-refractivity contribution in [3.63, 3.8) is 0 Å².